The first-order valence-electron chi connectivity index (χ1n) is 5.88. The third-order valence-corrected chi connectivity index (χ3v) is 2.75. The van der Waals surface area contributed by atoms with Crippen LogP contribution in [0, 0.1) is 5.95 Å². The van der Waals surface area contributed by atoms with Gasteiger partial charge in [-0.3, -0.25) is 4.79 Å². The Bertz CT molecular complexity index is 542. The minimum atomic E-state index is -0.587. The smallest absolute Gasteiger partial charge is 0.233 e. The highest BCUT2D eigenvalue weighted by Gasteiger charge is 2.18. The monoisotopic (exact) mass is 259 g/mol. The number of aromatic nitrogens is 1. The number of pyridine rings is 1. The number of carbonyl (C=O) groups is 1. The maximum Gasteiger partial charge on any atom is 0.233 e. The molecule has 1 aromatic heterocycles. The summed E-state index contributed by atoms with van der Waals surface area (Å²) in [6.07, 6.45) is 1.27. The molecule has 2 aromatic rings. The summed E-state index contributed by atoms with van der Waals surface area (Å²) >= 11 is 0. The number of anilines is 1. The second kappa shape index (κ2) is 6.06. The number of nitrogens with zero attached hydrogens (tertiary/aromatic N) is 1. The van der Waals surface area contributed by atoms with Crippen LogP contribution in [0.25, 0.3) is 0 Å². The van der Waals surface area contributed by atoms with Crippen LogP contribution in [0.2, 0.25) is 0 Å². The Kier molecular flexibility index (Phi) is 4.20. The van der Waals surface area contributed by atoms with Crippen LogP contribution in [0.3, 0.4) is 0 Å². The van der Waals surface area contributed by atoms with Crippen molar-refractivity contribution in [3.63, 3.8) is 0 Å². The Balaban J connectivity index is 2.11. The van der Waals surface area contributed by atoms with Crippen LogP contribution >= 0.6 is 0 Å². The molecule has 3 N–H and O–H groups in total. The lowest BCUT2D eigenvalue weighted by Gasteiger charge is -2.15. The van der Waals surface area contributed by atoms with E-state index in [1.165, 1.54) is 18.3 Å². The van der Waals surface area contributed by atoms with Crippen LogP contribution in [0.4, 0.5) is 10.1 Å². The van der Waals surface area contributed by atoms with Gasteiger partial charge >= 0.3 is 0 Å². The van der Waals surface area contributed by atoms with E-state index in [-0.39, 0.29) is 12.5 Å². The Labute approximate surface area is 110 Å². The maximum absolute atomic E-state index is 12.7. The van der Waals surface area contributed by atoms with Crippen molar-refractivity contribution in [1.82, 2.24) is 4.98 Å². The van der Waals surface area contributed by atoms with Crippen molar-refractivity contribution in [2.75, 3.05) is 11.9 Å². The van der Waals surface area contributed by atoms with E-state index in [2.05, 4.69) is 10.3 Å². The van der Waals surface area contributed by atoms with E-state index in [0.717, 1.165) is 5.56 Å². The number of benzene rings is 1. The van der Waals surface area contributed by atoms with Gasteiger partial charge in [-0.1, -0.05) is 30.3 Å². The molecule has 1 unspecified atom stereocenters. The van der Waals surface area contributed by atoms with Gasteiger partial charge in [-0.05, 0) is 17.7 Å². The molecule has 0 saturated heterocycles. The number of rotatable bonds is 4. The van der Waals surface area contributed by atoms with Gasteiger partial charge in [-0.15, -0.1) is 0 Å². The summed E-state index contributed by atoms with van der Waals surface area (Å²) in [4.78, 5) is 15.6. The van der Waals surface area contributed by atoms with E-state index in [0.29, 0.717) is 5.69 Å². The maximum atomic E-state index is 12.7. The number of hydrogen-bond donors (Lipinski definition) is 2. The van der Waals surface area contributed by atoms with Crippen molar-refractivity contribution in [1.29, 1.82) is 0 Å². The summed E-state index contributed by atoms with van der Waals surface area (Å²) in [5, 5.41) is 2.67. The van der Waals surface area contributed by atoms with Gasteiger partial charge in [0.15, 0.2) is 0 Å². The highest BCUT2D eigenvalue weighted by Crippen LogP contribution is 2.17. The Morgan fingerprint density at radius 1 is 1.26 bits per heavy atom. The molecule has 5 heteroatoms. The molecule has 0 aliphatic heterocycles. The van der Waals surface area contributed by atoms with Crippen molar-refractivity contribution in [2.45, 2.75) is 5.92 Å². The quantitative estimate of drug-likeness (QED) is 0.824. The number of nitrogens with two attached hydrogens (primary N) is 1. The fourth-order valence-corrected chi connectivity index (χ4v) is 1.76. The lowest BCUT2D eigenvalue weighted by molar-refractivity contribution is -0.117. The molecule has 0 bridgehead atoms. The summed E-state index contributed by atoms with van der Waals surface area (Å²) in [6.45, 7) is 0.199. The lowest BCUT2D eigenvalue weighted by atomic mass is 9.98. The molecule has 98 valence electrons. The molecule has 1 heterocycles. The van der Waals surface area contributed by atoms with E-state index < -0.39 is 11.9 Å². The Morgan fingerprint density at radius 3 is 2.58 bits per heavy atom. The van der Waals surface area contributed by atoms with Crippen molar-refractivity contribution < 1.29 is 9.18 Å². The van der Waals surface area contributed by atoms with Crippen LogP contribution in [0.15, 0.2) is 48.7 Å². The predicted octanol–water partition coefficient (Wildman–Crippen LogP) is 1.90. The average Bonchev–Trinajstić information content (AvgIpc) is 2.43. The lowest BCUT2D eigenvalue weighted by Crippen LogP contribution is -2.27. The van der Waals surface area contributed by atoms with E-state index in [1.807, 2.05) is 30.3 Å². The highest BCUT2D eigenvalue weighted by molar-refractivity contribution is 5.95. The Morgan fingerprint density at radius 2 is 2.00 bits per heavy atom. The molecule has 0 aliphatic rings. The Hall–Kier alpha value is -2.27. The zero-order valence-corrected chi connectivity index (χ0v) is 10.2. The van der Waals surface area contributed by atoms with Gasteiger partial charge in [0.25, 0.3) is 0 Å². The number of nitrogens with one attached hydrogen (secondary N) is 1. The van der Waals surface area contributed by atoms with Gasteiger partial charge in [0.1, 0.15) is 0 Å². The number of hydrogen-bond acceptors (Lipinski definition) is 3. The second-order valence-electron chi connectivity index (χ2n) is 4.06. The fraction of sp³-hybridized carbons (Fsp3) is 0.143. The van der Waals surface area contributed by atoms with Gasteiger partial charge in [-0.25, -0.2) is 4.98 Å². The standard InChI is InChI=1S/C14H14FN3O/c15-13-7-6-11(9-17-13)18-14(19)12(8-16)10-4-2-1-3-5-10/h1-7,9,12H,8,16H2,(H,18,19). The molecule has 2 rings (SSSR count). The molecule has 1 atom stereocenters. The van der Waals surface area contributed by atoms with E-state index in [9.17, 15) is 9.18 Å². The molecular formula is C14H14FN3O. The summed E-state index contributed by atoms with van der Waals surface area (Å²) < 4.78 is 12.7. The first kappa shape index (κ1) is 13.2. The first-order chi connectivity index (χ1) is 9.20. The zero-order valence-electron chi connectivity index (χ0n) is 10.2. The molecule has 0 radical (unpaired) electrons. The summed E-state index contributed by atoms with van der Waals surface area (Å²) in [6, 6.07) is 11.9. The first-order valence-corrected chi connectivity index (χ1v) is 5.88. The summed E-state index contributed by atoms with van der Waals surface area (Å²) in [5.74, 6) is -1.26. The van der Waals surface area contributed by atoms with Crippen molar-refractivity contribution in [2.24, 2.45) is 5.73 Å². The van der Waals surface area contributed by atoms with Gasteiger partial charge in [0.2, 0.25) is 11.9 Å². The third-order valence-electron chi connectivity index (χ3n) is 2.75. The summed E-state index contributed by atoms with van der Waals surface area (Å²) in [5.41, 5.74) is 6.94. The van der Waals surface area contributed by atoms with Gasteiger partial charge in [0.05, 0.1) is 17.8 Å². The average molecular weight is 259 g/mol. The topological polar surface area (TPSA) is 68.0 Å². The third kappa shape index (κ3) is 3.35. The van der Waals surface area contributed by atoms with Gasteiger partial charge < -0.3 is 11.1 Å². The molecule has 0 aliphatic carbocycles. The van der Waals surface area contributed by atoms with Crippen molar-refractivity contribution in [3.05, 3.63) is 60.2 Å². The minimum Gasteiger partial charge on any atom is -0.329 e. The van der Waals surface area contributed by atoms with Crippen LogP contribution in [-0.2, 0) is 4.79 Å². The normalized spacial score (nSPS) is 11.9. The van der Waals surface area contributed by atoms with E-state index in [1.54, 1.807) is 0 Å². The molecule has 0 saturated carbocycles. The minimum absolute atomic E-state index is 0.199. The van der Waals surface area contributed by atoms with Crippen LogP contribution in [-0.4, -0.2) is 17.4 Å². The molecule has 1 aromatic carbocycles. The molecule has 1 amide bonds. The number of carbonyl (C=O) groups excluding carboxylic acids is 1. The molecule has 4 nitrogen and oxygen atoms in total. The van der Waals surface area contributed by atoms with E-state index >= 15 is 0 Å². The van der Waals surface area contributed by atoms with Crippen molar-refractivity contribution in [3.8, 4) is 0 Å². The van der Waals surface area contributed by atoms with E-state index in [4.69, 9.17) is 5.73 Å². The van der Waals surface area contributed by atoms with Gasteiger partial charge in [-0.2, -0.15) is 4.39 Å². The number of halogens is 1. The summed E-state index contributed by atoms with van der Waals surface area (Å²) in [7, 11) is 0. The fourth-order valence-electron chi connectivity index (χ4n) is 1.76. The largest absolute Gasteiger partial charge is 0.329 e. The molecule has 19 heavy (non-hydrogen) atoms. The van der Waals surface area contributed by atoms with Crippen molar-refractivity contribution >= 4 is 11.6 Å². The van der Waals surface area contributed by atoms with Gasteiger partial charge in [0, 0.05) is 6.54 Å². The SMILES string of the molecule is NCC(C(=O)Nc1ccc(F)nc1)c1ccccc1. The van der Waals surface area contributed by atoms with Crippen LogP contribution in [0.1, 0.15) is 11.5 Å². The predicted molar refractivity (Wildman–Crippen MR) is 71.1 cm³/mol. The molecule has 0 spiro atoms. The molecular weight excluding hydrogens is 245 g/mol. The highest BCUT2D eigenvalue weighted by atomic mass is 19.1. The van der Waals surface area contributed by atoms with Crippen LogP contribution in [0.5, 0.6) is 0 Å². The second-order valence-corrected chi connectivity index (χ2v) is 4.06. The zero-order chi connectivity index (χ0) is 13.7. The number of amides is 1. The van der Waals surface area contributed by atoms with Crippen LogP contribution < -0.4 is 11.1 Å². The molecule has 0 fully saturated rings.